The van der Waals surface area contributed by atoms with Gasteiger partial charge in [0.15, 0.2) is 0 Å². The number of nitrogens with one attached hydrogen (secondary N) is 1. The van der Waals surface area contributed by atoms with Crippen LogP contribution in [0.4, 0.5) is 0 Å². The topological polar surface area (TPSA) is 47.6 Å². The summed E-state index contributed by atoms with van der Waals surface area (Å²) in [6.07, 6.45) is 0.759. The maximum absolute atomic E-state index is 11.9. The highest BCUT2D eigenvalue weighted by molar-refractivity contribution is 5.80. The second-order valence-electron chi connectivity index (χ2n) is 4.57. The monoisotopic (exact) mass is 231 g/mol. The van der Waals surface area contributed by atoms with E-state index in [0.29, 0.717) is 25.7 Å². The fraction of sp³-hybridized carbons (Fsp3) is 0.917. The third kappa shape index (κ3) is 5.47. The molecule has 0 saturated carbocycles. The van der Waals surface area contributed by atoms with Gasteiger partial charge in [-0.25, -0.2) is 0 Å². The minimum atomic E-state index is -0.608. The summed E-state index contributed by atoms with van der Waals surface area (Å²) in [6.45, 7) is 9.55. The van der Waals surface area contributed by atoms with Gasteiger partial charge in [-0.2, -0.15) is 0 Å². The van der Waals surface area contributed by atoms with Crippen molar-refractivity contribution in [2.45, 2.75) is 39.7 Å². The number of rotatable bonds is 8. The Balaban J connectivity index is 4.40. The Kier molecular flexibility index (Phi) is 7.34. The molecule has 4 nitrogen and oxygen atoms in total. The summed E-state index contributed by atoms with van der Waals surface area (Å²) in [5.74, 6) is 0.254. The third-order valence-electron chi connectivity index (χ3n) is 2.36. The van der Waals surface area contributed by atoms with Gasteiger partial charge in [0.2, 0.25) is 0 Å². The second kappa shape index (κ2) is 7.63. The maximum atomic E-state index is 11.9. The van der Waals surface area contributed by atoms with Crippen LogP contribution in [0.25, 0.3) is 0 Å². The van der Waals surface area contributed by atoms with Crippen LogP contribution >= 0.6 is 0 Å². The predicted octanol–water partition coefficient (Wildman–Crippen LogP) is 1.59. The Bertz CT molecular complexity index is 206. The number of methoxy groups -OCH3 is 1. The average molecular weight is 231 g/mol. The normalized spacial score (nSPS) is 14.9. The summed E-state index contributed by atoms with van der Waals surface area (Å²) in [5, 5.41) is 3.21. The van der Waals surface area contributed by atoms with E-state index in [2.05, 4.69) is 19.2 Å². The van der Waals surface area contributed by atoms with Crippen molar-refractivity contribution in [1.82, 2.24) is 5.32 Å². The molecule has 1 atom stereocenters. The highest BCUT2D eigenvalue weighted by Gasteiger charge is 2.34. The van der Waals surface area contributed by atoms with Crippen LogP contribution in [-0.4, -0.2) is 38.4 Å². The molecule has 1 N–H and O–H groups in total. The van der Waals surface area contributed by atoms with E-state index >= 15 is 0 Å². The van der Waals surface area contributed by atoms with Crippen LogP contribution < -0.4 is 5.32 Å². The summed E-state index contributed by atoms with van der Waals surface area (Å²) in [5.41, 5.74) is -0.608. The summed E-state index contributed by atoms with van der Waals surface area (Å²) in [4.78, 5) is 11.9. The molecule has 1 unspecified atom stereocenters. The second-order valence-corrected chi connectivity index (χ2v) is 4.57. The van der Waals surface area contributed by atoms with Crippen molar-refractivity contribution in [3.63, 3.8) is 0 Å². The van der Waals surface area contributed by atoms with Crippen LogP contribution in [0.15, 0.2) is 0 Å². The van der Waals surface area contributed by atoms with Crippen molar-refractivity contribution in [2.24, 2.45) is 5.92 Å². The fourth-order valence-electron chi connectivity index (χ4n) is 1.76. The third-order valence-corrected chi connectivity index (χ3v) is 2.36. The lowest BCUT2D eigenvalue weighted by atomic mass is 9.90. The Morgan fingerprint density at radius 2 is 2.06 bits per heavy atom. The van der Waals surface area contributed by atoms with Crippen LogP contribution in [0.3, 0.4) is 0 Å². The molecule has 16 heavy (non-hydrogen) atoms. The Morgan fingerprint density at radius 3 is 2.50 bits per heavy atom. The minimum absolute atomic E-state index is 0.181. The number of carbonyl (C=O) groups excluding carboxylic acids is 1. The van der Waals surface area contributed by atoms with Crippen molar-refractivity contribution in [2.75, 3.05) is 26.9 Å². The van der Waals surface area contributed by atoms with Crippen molar-refractivity contribution in [3.8, 4) is 0 Å². The quantitative estimate of drug-likeness (QED) is 0.509. The molecule has 0 spiro atoms. The van der Waals surface area contributed by atoms with Crippen molar-refractivity contribution < 1.29 is 14.3 Å². The smallest absolute Gasteiger partial charge is 0.326 e. The molecule has 96 valence electrons. The average Bonchev–Trinajstić information content (AvgIpc) is 2.17. The summed E-state index contributed by atoms with van der Waals surface area (Å²) >= 11 is 0. The first-order valence-electron chi connectivity index (χ1n) is 5.87. The molecule has 0 aliphatic rings. The Hall–Kier alpha value is -0.610. The van der Waals surface area contributed by atoms with Gasteiger partial charge < -0.3 is 9.47 Å². The largest absolute Gasteiger partial charge is 0.465 e. The summed E-state index contributed by atoms with van der Waals surface area (Å²) in [7, 11) is 1.64. The molecule has 0 radical (unpaired) electrons. The fourth-order valence-corrected chi connectivity index (χ4v) is 1.76. The van der Waals surface area contributed by atoms with Gasteiger partial charge in [0.25, 0.3) is 0 Å². The van der Waals surface area contributed by atoms with Crippen LogP contribution in [0, 0.1) is 5.92 Å². The highest BCUT2D eigenvalue weighted by Crippen LogP contribution is 2.18. The molecule has 0 aromatic rings. The number of esters is 1. The lowest BCUT2D eigenvalue weighted by Gasteiger charge is -2.30. The maximum Gasteiger partial charge on any atom is 0.326 e. The van der Waals surface area contributed by atoms with Gasteiger partial charge >= 0.3 is 5.97 Å². The zero-order valence-corrected chi connectivity index (χ0v) is 11.1. The van der Waals surface area contributed by atoms with Crippen LogP contribution in [0.5, 0.6) is 0 Å². The lowest BCUT2D eigenvalue weighted by Crippen LogP contribution is -2.52. The molecule has 0 aromatic carbocycles. The Labute approximate surface area is 98.7 Å². The predicted molar refractivity (Wildman–Crippen MR) is 64.4 cm³/mol. The Morgan fingerprint density at radius 1 is 1.44 bits per heavy atom. The molecule has 0 heterocycles. The van der Waals surface area contributed by atoms with E-state index in [4.69, 9.17) is 9.47 Å². The van der Waals surface area contributed by atoms with Crippen LogP contribution in [-0.2, 0) is 14.3 Å². The van der Waals surface area contributed by atoms with Crippen molar-refractivity contribution in [1.29, 1.82) is 0 Å². The van der Waals surface area contributed by atoms with Crippen molar-refractivity contribution >= 4 is 5.97 Å². The van der Waals surface area contributed by atoms with Gasteiger partial charge in [0.05, 0.1) is 13.2 Å². The first-order valence-corrected chi connectivity index (χ1v) is 5.87. The van der Waals surface area contributed by atoms with Gasteiger partial charge in [0.1, 0.15) is 5.54 Å². The molecule has 0 aromatic heterocycles. The molecule has 0 aliphatic carbocycles. The van der Waals surface area contributed by atoms with E-state index in [9.17, 15) is 4.79 Å². The van der Waals surface area contributed by atoms with E-state index in [0.717, 1.165) is 6.42 Å². The first kappa shape index (κ1) is 15.4. The molecule has 0 bridgehead atoms. The van der Waals surface area contributed by atoms with E-state index < -0.39 is 5.54 Å². The molecular weight excluding hydrogens is 206 g/mol. The number of hydrogen-bond donors (Lipinski definition) is 1. The number of carbonyl (C=O) groups is 1. The molecule has 0 amide bonds. The molecule has 0 saturated heterocycles. The number of hydrogen-bond acceptors (Lipinski definition) is 4. The zero-order chi connectivity index (χ0) is 12.6. The lowest BCUT2D eigenvalue weighted by molar-refractivity contribution is -0.151. The van der Waals surface area contributed by atoms with Crippen molar-refractivity contribution in [3.05, 3.63) is 0 Å². The first-order chi connectivity index (χ1) is 7.46. The number of ether oxygens (including phenoxy) is 2. The zero-order valence-electron chi connectivity index (χ0n) is 11.1. The van der Waals surface area contributed by atoms with Crippen LogP contribution in [0.1, 0.15) is 34.1 Å². The van der Waals surface area contributed by atoms with Crippen LogP contribution in [0.2, 0.25) is 0 Å². The molecular formula is C12H25NO3. The molecule has 0 aliphatic heterocycles. The highest BCUT2D eigenvalue weighted by atomic mass is 16.5. The molecule has 0 rings (SSSR count). The van der Waals surface area contributed by atoms with E-state index in [1.54, 1.807) is 7.11 Å². The van der Waals surface area contributed by atoms with E-state index in [-0.39, 0.29) is 5.97 Å². The van der Waals surface area contributed by atoms with Gasteiger partial charge in [-0.3, -0.25) is 10.1 Å². The van der Waals surface area contributed by atoms with E-state index in [1.807, 2.05) is 13.8 Å². The molecule has 4 heteroatoms. The molecule has 0 fully saturated rings. The summed E-state index contributed by atoms with van der Waals surface area (Å²) in [6, 6.07) is 0. The van der Waals surface area contributed by atoms with E-state index in [1.165, 1.54) is 0 Å². The van der Waals surface area contributed by atoms with Gasteiger partial charge in [-0.05, 0) is 26.2 Å². The summed E-state index contributed by atoms with van der Waals surface area (Å²) < 4.78 is 10.1. The van der Waals surface area contributed by atoms with Gasteiger partial charge in [-0.15, -0.1) is 0 Å². The minimum Gasteiger partial charge on any atom is -0.465 e. The van der Waals surface area contributed by atoms with Gasteiger partial charge in [-0.1, -0.05) is 13.8 Å². The standard InChI is InChI=1S/C12H25NO3/c1-6-16-11(14)12(4,9-10(2)3)13-7-8-15-5/h10,13H,6-9H2,1-5H3. The van der Waals surface area contributed by atoms with Gasteiger partial charge in [0, 0.05) is 13.7 Å². The SMILES string of the molecule is CCOC(=O)C(C)(CC(C)C)NCCOC.